The minimum Gasteiger partial charge on any atom is -0.353 e. The van der Waals surface area contributed by atoms with Gasteiger partial charge in [-0.3, -0.25) is 9.00 Å². The monoisotopic (exact) mass is 266 g/mol. The normalized spacial score (nSPS) is 18.1. The molecule has 1 aliphatic rings. The highest BCUT2D eigenvalue weighted by atomic mass is 32.2. The van der Waals surface area contributed by atoms with Gasteiger partial charge >= 0.3 is 0 Å². The molecule has 0 radical (unpaired) electrons. The lowest BCUT2D eigenvalue weighted by molar-refractivity contribution is -0.118. The van der Waals surface area contributed by atoms with Crippen molar-refractivity contribution in [2.75, 3.05) is 11.5 Å². The van der Waals surface area contributed by atoms with Crippen LogP contribution in [0.1, 0.15) is 24.4 Å². The lowest BCUT2D eigenvalue weighted by Gasteiger charge is -2.11. The summed E-state index contributed by atoms with van der Waals surface area (Å²) >= 11 is 0. The van der Waals surface area contributed by atoms with E-state index >= 15 is 0 Å². The van der Waals surface area contributed by atoms with Crippen molar-refractivity contribution in [1.82, 2.24) is 5.32 Å². The van der Waals surface area contributed by atoms with Gasteiger partial charge in [-0.15, -0.1) is 0 Å². The first kappa shape index (κ1) is 13.2. The maximum absolute atomic E-state index is 11.8. The Bertz CT molecular complexity index is 432. The van der Waals surface area contributed by atoms with Crippen molar-refractivity contribution in [1.29, 1.82) is 0 Å². The molecule has 98 valence electrons. The maximum Gasteiger partial charge on any atom is 0.232 e. The van der Waals surface area contributed by atoms with Crippen LogP contribution in [0.3, 0.4) is 0 Å². The van der Waals surface area contributed by atoms with E-state index in [4.69, 9.17) is 5.73 Å². The molecule has 0 bridgehead atoms. The second kappa shape index (κ2) is 6.11. The molecule has 0 spiro atoms. The van der Waals surface area contributed by atoms with Crippen LogP contribution in [0.25, 0.3) is 0 Å². The van der Waals surface area contributed by atoms with Gasteiger partial charge in [-0.2, -0.15) is 0 Å². The minimum atomic E-state index is -1.21. The summed E-state index contributed by atoms with van der Waals surface area (Å²) in [7, 11) is -1.21. The zero-order valence-corrected chi connectivity index (χ0v) is 11.0. The van der Waals surface area contributed by atoms with Crippen LogP contribution in [0.5, 0.6) is 0 Å². The van der Waals surface area contributed by atoms with Crippen molar-refractivity contribution in [3.05, 3.63) is 35.9 Å². The van der Waals surface area contributed by atoms with Crippen molar-refractivity contribution in [2.24, 2.45) is 5.73 Å². The number of carbonyl (C=O) groups is 1. The predicted molar refractivity (Wildman–Crippen MR) is 72.4 cm³/mol. The number of amides is 1. The summed E-state index contributed by atoms with van der Waals surface area (Å²) in [4.78, 5) is 11.5. The van der Waals surface area contributed by atoms with Crippen LogP contribution in [-0.4, -0.2) is 27.7 Å². The summed E-state index contributed by atoms with van der Waals surface area (Å²) in [5.41, 5.74) is 6.91. The third-order valence-corrected chi connectivity index (χ3v) is 4.14. The molecular weight excluding hydrogens is 248 g/mol. The number of nitrogens with one attached hydrogen (secondary N) is 1. The van der Waals surface area contributed by atoms with Crippen LogP contribution < -0.4 is 11.1 Å². The van der Waals surface area contributed by atoms with Gasteiger partial charge in [-0.1, -0.05) is 30.3 Å². The van der Waals surface area contributed by atoms with Crippen molar-refractivity contribution in [3.63, 3.8) is 0 Å². The van der Waals surface area contributed by atoms with Crippen LogP contribution in [0.15, 0.2) is 30.3 Å². The number of benzene rings is 1. The summed E-state index contributed by atoms with van der Waals surface area (Å²) < 4.78 is 11.8. The Kier molecular flexibility index (Phi) is 4.49. The first-order valence-electron chi connectivity index (χ1n) is 6.10. The smallest absolute Gasteiger partial charge is 0.232 e. The Morgan fingerprint density at radius 3 is 2.67 bits per heavy atom. The number of nitrogens with two attached hydrogens (primary N) is 1. The molecule has 1 saturated carbocycles. The standard InChI is InChI=1S/C13H18N2O2S/c14-12(10-4-2-1-3-5-10)8-18(17)9-13(16)15-11-6-7-11/h1-5,11-12H,6-9,14H2,(H,15,16). The van der Waals surface area contributed by atoms with Gasteiger partial charge in [-0.05, 0) is 18.4 Å². The van der Waals surface area contributed by atoms with Gasteiger partial charge in [0.05, 0.1) is 0 Å². The Morgan fingerprint density at radius 1 is 1.39 bits per heavy atom. The molecule has 1 aromatic rings. The Balaban J connectivity index is 1.77. The molecule has 2 unspecified atom stereocenters. The average molecular weight is 266 g/mol. The third kappa shape index (κ3) is 4.23. The zero-order valence-electron chi connectivity index (χ0n) is 10.2. The van der Waals surface area contributed by atoms with Gasteiger partial charge < -0.3 is 11.1 Å². The molecule has 2 rings (SSSR count). The predicted octanol–water partition coefficient (Wildman–Crippen LogP) is 0.714. The van der Waals surface area contributed by atoms with Gasteiger partial charge in [0.2, 0.25) is 5.91 Å². The molecule has 1 aromatic carbocycles. The molecule has 2 atom stereocenters. The van der Waals surface area contributed by atoms with E-state index < -0.39 is 10.8 Å². The number of hydrogen-bond acceptors (Lipinski definition) is 3. The van der Waals surface area contributed by atoms with E-state index in [9.17, 15) is 9.00 Å². The van der Waals surface area contributed by atoms with Crippen molar-refractivity contribution in [2.45, 2.75) is 24.9 Å². The molecule has 3 N–H and O–H groups in total. The van der Waals surface area contributed by atoms with Crippen LogP contribution in [0.4, 0.5) is 0 Å². The lowest BCUT2D eigenvalue weighted by Crippen LogP contribution is -2.32. The van der Waals surface area contributed by atoms with E-state index in [1.54, 1.807) is 0 Å². The van der Waals surface area contributed by atoms with Crippen LogP contribution >= 0.6 is 0 Å². The zero-order chi connectivity index (χ0) is 13.0. The molecule has 4 nitrogen and oxygen atoms in total. The van der Waals surface area contributed by atoms with Crippen molar-refractivity contribution >= 4 is 16.7 Å². The fraction of sp³-hybridized carbons (Fsp3) is 0.462. The Morgan fingerprint density at radius 2 is 2.06 bits per heavy atom. The van der Waals surface area contributed by atoms with E-state index in [0.29, 0.717) is 11.8 Å². The molecule has 18 heavy (non-hydrogen) atoms. The van der Waals surface area contributed by atoms with E-state index in [-0.39, 0.29) is 17.7 Å². The highest BCUT2D eigenvalue weighted by Crippen LogP contribution is 2.18. The van der Waals surface area contributed by atoms with Gasteiger partial charge in [0, 0.05) is 28.6 Å². The highest BCUT2D eigenvalue weighted by molar-refractivity contribution is 7.85. The Labute approximate surface area is 109 Å². The van der Waals surface area contributed by atoms with Crippen LogP contribution in [0, 0.1) is 0 Å². The van der Waals surface area contributed by atoms with Crippen molar-refractivity contribution in [3.8, 4) is 0 Å². The quantitative estimate of drug-likeness (QED) is 0.796. The van der Waals surface area contributed by atoms with E-state index in [1.165, 1.54) is 0 Å². The number of rotatable bonds is 6. The Hall–Kier alpha value is -1.20. The largest absolute Gasteiger partial charge is 0.353 e. The SMILES string of the molecule is NC(CS(=O)CC(=O)NC1CC1)c1ccccc1. The van der Waals surface area contributed by atoms with Gasteiger partial charge in [0.1, 0.15) is 5.75 Å². The molecule has 1 fully saturated rings. The summed E-state index contributed by atoms with van der Waals surface area (Å²) in [5, 5.41) is 2.82. The van der Waals surface area contributed by atoms with Crippen molar-refractivity contribution < 1.29 is 9.00 Å². The van der Waals surface area contributed by atoms with Gasteiger partial charge in [0.25, 0.3) is 0 Å². The molecule has 5 heteroatoms. The first-order valence-corrected chi connectivity index (χ1v) is 7.59. The second-order valence-corrected chi connectivity index (χ2v) is 6.11. The van der Waals surface area contributed by atoms with Crippen LogP contribution in [-0.2, 0) is 15.6 Å². The third-order valence-electron chi connectivity index (χ3n) is 2.83. The topological polar surface area (TPSA) is 72.2 Å². The summed E-state index contributed by atoms with van der Waals surface area (Å²) in [5.74, 6) is 0.246. The fourth-order valence-electron chi connectivity index (χ4n) is 1.70. The van der Waals surface area contributed by atoms with E-state index in [2.05, 4.69) is 5.32 Å². The molecule has 0 saturated heterocycles. The van der Waals surface area contributed by atoms with E-state index in [0.717, 1.165) is 18.4 Å². The number of carbonyl (C=O) groups excluding carboxylic acids is 1. The van der Waals surface area contributed by atoms with Gasteiger partial charge in [0.15, 0.2) is 0 Å². The average Bonchev–Trinajstić information content (AvgIpc) is 3.13. The first-order chi connectivity index (χ1) is 8.65. The van der Waals surface area contributed by atoms with Gasteiger partial charge in [-0.25, -0.2) is 0 Å². The molecule has 0 heterocycles. The lowest BCUT2D eigenvalue weighted by atomic mass is 10.1. The van der Waals surface area contributed by atoms with E-state index in [1.807, 2.05) is 30.3 Å². The molecular formula is C13H18N2O2S. The summed E-state index contributed by atoms with van der Waals surface area (Å²) in [6.07, 6.45) is 2.09. The second-order valence-electron chi connectivity index (χ2n) is 4.61. The summed E-state index contributed by atoms with van der Waals surface area (Å²) in [6.45, 7) is 0. The molecule has 1 aliphatic carbocycles. The highest BCUT2D eigenvalue weighted by Gasteiger charge is 2.24. The fourth-order valence-corrected chi connectivity index (χ4v) is 2.79. The van der Waals surface area contributed by atoms with Crippen LogP contribution in [0.2, 0.25) is 0 Å². The maximum atomic E-state index is 11.8. The molecule has 0 aliphatic heterocycles. The molecule has 1 amide bonds. The summed E-state index contributed by atoms with van der Waals surface area (Å²) in [6, 6.07) is 9.57. The minimum absolute atomic E-state index is 0.0526. The number of hydrogen-bond donors (Lipinski definition) is 2. The molecule has 0 aromatic heterocycles.